The maximum atomic E-state index is 14.7. The predicted molar refractivity (Wildman–Crippen MR) is 160 cm³/mol. The summed E-state index contributed by atoms with van der Waals surface area (Å²) in [5.74, 6) is 0.944. The van der Waals surface area contributed by atoms with Gasteiger partial charge in [-0.2, -0.15) is 9.97 Å². The molecule has 3 aromatic rings. The van der Waals surface area contributed by atoms with Gasteiger partial charge in [0.1, 0.15) is 23.2 Å². The van der Waals surface area contributed by atoms with Crippen molar-refractivity contribution in [3.05, 3.63) is 52.8 Å². The zero-order valence-electron chi connectivity index (χ0n) is 24.0. The Kier molecular flexibility index (Phi) is 7.55. The van der Waals surface area contributed by atoms with Crippen LogP contribution in [0.5, 0.6) is 5.75 Å². The molecule has 1 fully saturated rings. The minimum absolute atomic E-state index is 0.0955. The van der Waals surface area contributed by atoms with E-state index in [9.17, 15) is 14.0 Å². The fourth-order valence-electron chi connectivity index (χ4n) is 6.07. The molecule has 4 heterocycles. The van der Waals surface area contributed by atoms with Gasteiger partial charge in [-0.3, -0.25) is 14.5 Å². The van der Waals surface area contributed by atoms with E-state index in [1.54, 1.807) is 13.2 Å². The van der Waals surface area contributed by atoms with Crippen molar-refractivity contribution in [2.45, 2.75) is 38.1 Å². The molecule has 3 aliphatic rings. The largest absolute Gasteiger partial charge is 0.495 e. The third-order valence-corrected chi connectivity index (χ3v) is 8.23. The highest BCUT2D eigenvalue weighted by Crippen LogP contribution is 2.39. The zero-order valence-corrected chi connectivity index (χ0v) is 24.0. The van der Waals surface area contributed by atoms with Crippen LogP contribution in [0.4, 0.5) is 39.0 Å². The summed E-state index contributed by atoms with van der Waals surface area (Å²) in [5.41, 5.74) is 3.58. The van der Waals surface area contributed by atoms with Crippen molar-refractivity contribution in [3.63, 3.8) is 0 Å². The van der Waals surface area contributed by atoms with Gasteiger partial charge in [0.05, 0.1) is 30.1 Å². The van der Waals surface area contributed by atoms with Gasteiger partial charge in [0, 0.05) is 31.4 Å². The minimum Gasteiger partial charge on any atom is -0.495 e. The molecule has 0 radical (unpaired) electrons. The fraction of sp³-hybridized carbons (Fsp3) is 0.400. The SMILES string of the molecule is CNC(=O)c1c(F)cccc1Nc1nc(Nc2cc3c(cc2OC)CCCN3C(=O)C2CCCN2C)nc2c1CCN2. The second kappa shape index (κ2) is 11.4. The normalized spacial score (nSPS) is 17.7. The second-order valence-corrected chi connectivity index (χ2v) is 10.8. The number of methoxy groups -OCH3 is 1. The lowest BCUT2D eigenvalue weighted by molar-refractivity contribution is -0.122. The van der Waals surface area contributed by atoms with Crippen LogP contribution < -0.4 is 30.9 Å². The van der Waals surface area contributed by atoms with Crippen LogP contribution in [0.15, 0.2) is 30.3 Å². The molecule has 0 aliphatic carbocycles. The Labute approximate surface area is 243 Å². The Morgan fingerprint density at radius 3 is 2.71 bits per heavy atom. The van der Waals surface area contributed by atoms with Crippen LogP contribution in [0.1, 0.15) is 40.7 Å². The zero-order chi connectivity index (χ0) is 29.4. The number of hydrogen-bond donors (Lipinski definition) is 4. The Morgan fingerprint density at radius 1 is 1.10 bits per heavy atom. The summed E-state index contributed by atoms with van der Waals surface area (Å²) in [6.45, 7) is 2.26. The average molecular weight is 575 g/mol. The van der Waals surface area contributed by atoms with Crippen molar-refractivity contribution in [2.75, 3.05) is 61.7 Å². The number of hydrogen-bond acceptors (Lipinski definition) is 9. The Balaban J connectivity index is 1.35. The number of ether oxygens (including phenoxy) is 1. The third kappa shape index (κ3) is 5.06. The maximum absolute atomic E-state index is 14.7. The van der Waals surface area contributed by atoms with Gasteiger partial charge in [-0.15, -0.1) is 0 Å². The van der Waals surface area contributed by atoms with Crippen molar-refractivity contribution < 1.29 is 18.7 Å². The highest BCUT2D eigenvalue weighted by Gasteiger charge is 2.34. The molecule has 0 bridgehead atoms. The molecule has 1 atom stereocenters. The summed E-state index contributed by atoms with van der Waals surface area (Å²) in [6.07, 6.45) is 4.28. The number of amides is 2. The number of aryl methyl sites for hydroxylation is 1. The van der Waals surface area contributed by atoms with Gasteiger partial charge in [-0.25, -0.2) is 4.39 Å². The van der Waals surface area contributed by atoms with E-state index in [1.807, 2.05) is 24.1 Å². The number of fused-ring (bicyclic) bond motifs is 2. The second-order valence-electron chi connectivity index (χ2n) is 10.8. The van der Waals surface area contributed by atoms with E-state index < -0.39 is 11.7 Å². The number of nitrogens with zero attached hydrogens (tertiary/aromatic N) is 4. The molecular weight excluding hydrogens is 539 g/mol. The summed E-state index contributed by atoms with van der Waals surface area (Å²) in [7, 11) is 5.07. The summed E-state index contributed by atoms with van der Waals surface area (Å²) in [5, 5.41) is 12.2. The first-order chi connectivity index (χ1) is 20.4. The number of nitrogens with one attached hydrogen (secondary N) is 4. The number of aromatic nitrogens is 2. The molecule has 6 rings (SSSR count). The standard InChI is InChI=1S/C30H35FN8O3/c1-32-28(40)25-19(31)8-4-9-20(25)34-27-18-11-12-33-26(18)36-30(37-27)35-21-16-23-17(15-24(21)42-3)7-5-14-39(23)29(41)22-10-6-13-38(22)2/h4,8-9,15-16,22H,5-7,10-14H2,1-3H3,(H,32,40)(H3,33,34,35,36,37). The number of likely N-dealkylation sites (N-methyl/N-ethyl adjacent to an activating group) is 1. The molecule has 2 amide bonds. The quantitative estimate of drug-likeness (QED) is 0.334. The van der Waals surface area contributed by atoms with Crippen LogP contribution in [-0.4, -0.2) is 73.6 Å². The summed E-state index contributed by atoms with van der Waals surface area (Å²) in [6, 6.07) is 8.22. The lowest BCUT2D eigenvalue weighted by Gasteiger charge is -2.34. The van der Waals surface area contributed by atoms with Crippen molar-refractivity contribution >= 4 is 46.5 Å². The molecule has 2 aromatic carbocycles. The van der Waals surface area contributed by atoms with Gasteiger partial charge >= 0.3 is 0 Å². The number of carbonyl (C=O) groups excluding carboxylic acids is 2. The third-order valence-electron chi connectivity index (χ3n) is 8.23. The molecule has 3 aliphatic heterocycles. The number of anilines is 6. The molecule has 220 valence electrons. The number of halogens is 1. The van der Waals surface area contributed by atoms with Crippen LogP contribution in [0.25, 0.3) is 0 Å². The first-order valence-corrected chi connectivity index (χ1v) is 14.3. The molecule has 42 heavy (non-hydrogen) atoms. The highest BCUT2D eigenvalue weighted by atomic mass is 19.1. The monoisotopic (exact) mass is 574 g/mol. The van der Waals surface area contributed by atoms with Crippen LogP contribution in [0.3, 0.4) is 0 Å². The van der Waals surface area contributed by atoms with Gasteiger partial charge in [-0.1, -0.05) is 6.07 Å². The van der Waals surface area contributed by atoms with E-state index in [1.165, 1.54) is 19.2 Å². The fourth-order valence-corrected chi connectivity index (χ4v) is 6.07. The van der Waals surface area contributed by atoms with Gasteiger partial charge in [0.2, 0.25) is 11.9 Å². The first kappa shape index (κ1) is 27.7. The summed E-state index contributed by atoms with van der Waals surface area (Å²) in [4.78, 5) is 39.5. The highest BCUT2D eigenvalue weighted by molar-refractivity contribution is 6.01. The Bertz CT molecular complexity index is 1550. The van der Waals surface area contributed by atoms with Gasteiger partial charge in [-0.05, 0) is 75.5 Å². The first-order valence-electron chi connectivity index (χ1n) is 14.3. The Hall–Kier alpha value is -4.45. The van der Waals surface area contributed by atoms with E-state index in [0.717, 1.165) is 49.0 Å². The van der Waals surface area contributed by atoms with Crippen LogP contribution in [0.2, 0.25) is 0 Å². The molecule has 0 saturated carbocycles. The molecule has 1 saturated heterocycles. The van der Waals surface area contributed by atoms with Crippen LogP contribution in [-0.2, 0) is 17.6 Å². The molecule has 1 unspecified atom stereocenters. The van der Waals surface area contributed by atoms with Crippen molar-refractivity contribution in [1.82, 2.24) is 20.2 Å². The van der Waals surface area contributed by atoms with Gasteiger partial charge < -0.3 is 30.9 Å². The Morgan fingerprint density at radius 2 is 1.95 bits per heavy atom. The van der Waals surface area contributed by atoms with Crippen molar-refractivity contribution in [2.24, 2.45) is 0 Å². The molecule has 4 N–H and O–H groups in total. The lowest BCUT2D eigenvalue weighted by Crippen LogP contribution is -2.46. The number of likely N-dealkylation sites (tertiary alicyclic amines) is 1. The topological polar surface area (TPSA) is 124 Å². The summed E-state index contributed by atoms with van der Waals surface area (Å²) < 4.78 is 20.4. The molecular formula is C30H35FN8O3. The van der Waals surface area contributed by atoms with Crippen molar-refractivity contribution in [1.29, 1.82) is 0 Å². The number of rotatable bonds is 7. The van der Waals surface area contributed by atoms with Crippen molar-refractivity contribution in [3.8, 4) is 5.75 Å². The average Bonchev–Trinajstić information content (AvgIpc) is 3.65. The van der Waals surface area contributed by atoms with Gasteiger partial charge in [0.15, 0.2) is 0 Å². The van der Waals surface area contributed by atoms with E-state index in [4.69, 9.17) is 9.72 Å². The summed E-state index contributed by atoms with van der Waals surface area (Å²) >= 11 is 0. The molecule has 12 heteroatoms. The smallest absolute Gasteiger partial charge is 0.256 e. The van der Waals surface area contributed by atoms with Crippen LogP contribution in [0, 0.1) is 5.82 Å². The van der Waals surface area contributed by atoms with Crippen LogP contribution >= 0.6 is 0 Å². The lowest BCUT2D eigenvalue weighted by atomic mass is 9.99. The predicted octanol–water partition coefficient (Wildman–Crippen LogP) is 3.81. The minimum atomic E-state index is -0.636. The van der Waals surface area contributed by atoms with E-state index in [-0.39, 0.29) is 23.5 Å². The molecule has 11 nitrogen and oxygen atoms in total. The number of benzene rings is 2. The van der Waals surface area contributed by atoms with E-state index >= 15 is 0 Å². The van der Waals surface area contributed by atoms with E-state index in [0.29, 0.717) is 48.3 Å². The molecule has 1 aromatic heterocycles. The van der Waals surface area contributed by atoms with Gasteiger partial charge in [0.25, 0.3) is 5.91 Å². The number of carbonyl (C=O) groups is 2. The maximum Gasteiger partial charge on any atom is 0.256 e. The van der Waals surface area contributed by atoms with E-state index in [2.05, 4.69) is 31.2 Å². The molecule has 0 spiro atoms.